The third-order valence-electron chi connectivity index (χ3n) is 4.21. The van der Waals surface area contributed by atoms with Crippen molar-refractivity contribution in [3.05, 3.63) is 34.9 Å². The number of benzene rings is 1. The maximum absolute atomic E-state index is 13.3. The van der Waals surface area contributed by atoms with Gasteiger partial charge in [-0.25, -0.2) is 4.79 Å². The first-order valence-electron chi connectivity index (χ1n) is 10.7. The monoisotopic (exact) mass is 433 g/mol. The second kappa shape index (κ2) is 10.2. The van der Waals surface area contributed by atoms with E-state index < -0.39 is 23.3 Å². The number of ether oxygens (including phenoxy) is 1. The minimum Gasteiger partial charge on any atom is -0.444 e. The molecule has 1 atom stereocenters. The van der Waals surface area contributed by atoms with Crippen molar-refractivity contribution in [1.29, 1.82) is 0 Å². The normalized spacial score (nSPS) is 12.9. The van der Waals surface area contributed by atoms with Crippen molar-refractivity contribution in [3.63, 3.8) is 0 Å². The van der Waals surface area contributed by atoms with E-state index in [0.717, 1.165) is 16.7 Å². The fourth-order valence-electron chi connectivity index (χ4n) is 3.33. The van der Waals surface area contributed by atoms with Gasteiger partial charge in [0, 0.05) is 11.6 Å². The van der Waals surface area contributed by atoms with E-state index >= 15 is 0 Å². The molecule has 0 saturated heterocycles. The second-order valence-electron chi connectivity index (χ2n) is 10.3. The standard InChI is InChI=1S/C24H39N3O4/c1-15(2)27(19(28)14-25-22(30)31-24(8,9)10)20(21(29)26-23(5,6)7)18-12-16(3)11-17(4)13-18/h11-13,15,20H,14H2,1-10H3,(H,25,30)(H,26,29). The lowest BCUT2D eigenvalue weighted by Crippen LogP contribution is -2.53. The van der Waals surface area contributed by atoms with Crippen molar-refractivity contribution in [2.45, 2.75) is 92.5 Å². The lowest BCUT2D eigenvalue weighted by molar-refractivity contribution is -0.142. The molecule has 0 bridgehead atoms. The predicted octanol–water partition coefficient (Wildman–Crippen LogP) is 4.02. The topological polar surface area (TPSA) is 87.7 Å². The van der Waals surface area contributed by atoms with Gasteiger partial charge in [-0.1, -0.05) is 29.3 Å². The number of nitrogens with zero attached hydrogens (tertiary/aromatic N) is 1. The molecule has 31 heavy (non-hydrogen) atoms. The van der Waals surface area contributed by atoms with Crippen LogP contribution < -0.4 is 10.6 Å². The Morgan fingerprint density at radius 1 is 0.968 bits per heavy atom. The van der Waals surface area contributed by atoms with Crippen LogP contribution in [0.5, 0.6) is 0 Å². The average molecular weight is 434 g/mol. The highest BCUT2D eigenvalue weighted by Gasteiger charge is 2.35. The number of aryl methyl sites for hydroxylation is 2. The minimum atomic E-state index is -0.828. The highest BCUT2D eigenvalue weighted by molar-refractivity contribution is 5.91. The molecule has 7 heteroatoms. The summed E-state index contributed by atoms with van der Waals surface area (Å²) >= 11 is 0. The van der Waals surface area contributed by atoms with Crippen LogP contribution >= 0.6 is 0 Å². The molecule has 174 valence electrons. The number of hydrogen-bond acceptors (Lipinski definition) is 4. The van der Waals surface area contributed by atoms with E-state index in [4.69, 9.17) is 4.74 Å². The Morgan fingerprint density at radius 3 is 1.90 bits per heavy atom. The molecule has 0 aliphatic rings. The maximum atomic E-state index is 13.3. The highest BCUT2D eigenvalue weighted by atomic mass is 16.6. The van der Waals surface area contributed by atoms with Crippen LogP contribution in [-0.2, 0) is 14.3 Å². The van der Waals surface area contributed by atoms with Crippen LogP contribution in [0, 0.1) is 13.8 Å². The van der Waals surface area contributed by atoms with E-state index in [1.54, 1.807) is 20.8 Å². The number of rotatable bonds is 6. The predicted molar refractivity (Wildman–Crippen MR) is 123 cm³/mol. The first-order valence-corrected chi connectivity index (χ1v) is 10.7. The zero-order valence-corrected chi connectivity index (χ0v) is 20.7. The number of carbonyl (C=O) groups excluding carboxylic acids is 3. The molecular formula is C24H39N3O4. The molecule has 0 aliphatic carbocycles. The summed E-state index contributed by atoms with van der Waals surface area (Å²) in [6, 6.07) is 4.76. The Hall–Kier alpha value is -2.57. The van der Waals surface area contributed by atoms with Crippen molar-refractivity contribution in [2.24, 2.45) is 0 Å². The van der Waals surface area contributed by atoms with Gasteiger partial charge in [0.25, 0.3) is 0 Å². The van der Waals surface area contributed by atoms with Gasteiger partial charge in [0.05, 0.1) is 0 Å². The van der Waals surface area contributed by atoms with E-state index in [1.165, 1.54) is 4.90 Å². The average Bonchev–Trinajstić information content (AvgIpc) is 2.52. The first kappa shape index (κ1) is 26.5. The highest BCUT2D eigenvalue weighted by Crippen LogP contribution is 2.26. The van der Waals surface area contributed by atoms with Gasteiger partial charge >= 0.3 is 6.09 Å². The summed E-state index contributed by atoms with van der Waals surface area (Å²) in [5, 5.41) is 5.50. The van der Waals surface area contributed by atoms with Crippen molar-refractivity contribution in [2.75, 3.05) is 6.54 Å². The van der Waals surface area contributed by atoms with Crippen LogP contribution in [0.4, 0.5) is 4.79 Å². The SMILES string of the molecule is Cc1cc(C)cc(C(C(=O)NC(C)(C)C)N(C(=O)CNC(=O)OC(C)(C)C)C(C)C)c1. The molecule has 1 aromatic rings. The molecule has 3 amide bonds. The van der Waals surface area contributed by atoms with Crippen molar-refractivity contribution < 1.29 is 19.1 Å². The number of alkyl carbamates (subject to hydrolysis) is 1. The van der Waals surface area contributed by atoms with Gasteiger partial charge in [-0.2, -0.15) is 0 Å². The summed E-state index contributed by atoms with van der Waals surface area (Å²) < 4.78 is 5.22. The molecule has 0 aromatic heterocycles. The molecule has 1 rings (SSSR count). The lowest BCUT2D eigenvalue weighted by atomic mass is 9.97. The zero-order valence-electron chi connectivity index (χ0n) is 20.7. The first-order chi connectivity index (χ1) is 14.0. The van der Waals surface area contributed by atoms with E-state index in [0.29, 0.717) is 0 Å². The van der Waals surface area contributed by atoms with Gasteiger partial charge in [-0.15, -0.1) is 0 Å². The number of nitrogens with one attached hydrogen (secondary N) is 2. The summed E-state index contributed by atoms with van der Waals surface area (Å²) in [5.74, 6) is -0.633. The van der Waals surface area contributed by atoms with Crippen molar-refractivity contribution in [3.8, 4) is 0 Å². The molecule has 1 unspecified atom stereocenters. The summed E-state index contributed by atoms with van der Waals surface area (Å²) in [6.45, 7) is 18.3. The van der Waals surface area contributed by atoms with Crippen LogP contribution in [0.3, 0.4) is 0 Å². The molecule has 0 fully saturated rings. The fraction of sp³-hybridized carbons (Fsp3) is 0.625. The fourth-order valence-corrected chi connectivity index (χ4v) is 3.33. The minimum absolute atomic E-state index is 0.267. The summed E-state index contributed by atoms with van der Waals surface area (Å²) in [5.41, 5.74) is 1.62. The van der Waals surface area contributed by atoms with E-state index in [1.807, 2.05) is 66.7 Å². The number of carbonyl (C=O) groups is 3. The maximum Gasteiger partial charge on any atom is 0.408 e. The summed E-state index contributed by atoms with van der Waals surface area (Å²) in [6.07, 6.45) is -0.674. The molecule has 0 heterocycles. The quantitative estimate of drug-likeness (QED) is 0.709. The molecule has 0 saturated carbocycles. The lowest BCUT2D eigenvalue weighted by Gasteiger charge is -2.36. The summed E-state index contributed by atoms with van der Waals surface area (Å²) in [7, 11) is 0. The molecular weight excluding hydrogens is 394 g/mol. The van der Waals surface area contributed by atoms with Gasteiger partial charge in [0.2, 0.25) is 11.8 Å². The largest absolute Gasteiger partial charge is 0.444 e. The Balaban J connectivity index is 3.28. The molecule has 1 aromatic carbocycles. The van der Waals surface area contributed by atoms with Crippen LogP contribution in [0.25, 0.3) is 0 Å². The van der Waals surface area contributed by atoms with Gasteiger partial charge in [0.15, 0.2) is 0 Å². The van der Waals surface area contributed by atoms with Crippen molar-refractivity contribution in [1.82, 2.24) is 15.5 Å². The van der Waals surface area contributed by atoms with Gasteiger partial charge < -0.3 is 20.3 Å². The second-order valence-corrected chi connectivity index (χ2v) is 10.3. The van der Waals surface area contributed by atoms with E-state index in [9.17, 15) is 14.4 Å². The van der Waals surface area contributed by atoms with E-state index in [-0.39, 0.29) is 24.4 Å². The third kappa shape index (κ3) is 8.99. The molecule has 0 aliphatic heterocycles. The van der Waals surface area contributed by atoms with Gasteiger partial charge in [0.1, 0.15) is 18.2 Å². The van der Waals surface area contributed by atoms with Crippen LogP contribution in [-0.4, -0.2) is 46.5 Å². The third-order valence-corrected chi connectivity index (χ3v) is 4.21. The number of amides is 3. The molecule has 2 N–H and O–H groups in total. The van der Waals surface area contributed by atoms with Gasteiger partial charge in [-0.3, -0.25) is 9.59 Å². The molecule has 0 radical (unpaired) electrons. The van der Waals surface area contributed by atoms with Crippen LogP contribution in [0.15, 0.2) is 18.2 Å². The Bertz CT molecular complexity index is 784. The van der Waals surface area contributed by atoms with Crippen LogP contribution in [0.2, 0.25) is 0 Å². The number of hydrogen-bond donors (Lipinski definition) is 2. The zero-order chi connectivity index (χ0) is 24.1. The molecule has 7 nitrogen and oxygen atoms in total. The Labute approximate surface area is 186 Å². The van der Waals surface area contributed by atoms with Gasteiger partial charge in [-0.05, 0) is 74.8 Å². The van der Waals surface area contributed by atoms with Crippen LogP contribution in [0.1, 0.15) is 78.1 Å². The summed E-state index contributed by atoms with van der Waals surface area (Å²) in [4.78, 5) is 40.1. The molecule has 0 spiro atoms. The Kier molecular flexibility index (Phi) is 8.67. The smallest absolute Gasteiger partial charge is 0.408 e. The van der Waals surface area contributed by atoms with E-state index in [2.05, 4.69) is 10.6 Å². The van der Waals surface area contributed by atoms with Crippen molar-refractivity contribution >= 4 is 17.9 Å². The Morgan fingerprint density at radius 2 is 1.48 bits per heavy atom.